The molecule has 9 fully saturated rings. The summed E-state index contributed by atoms with van der Waals surface area (Å²) in [4.78, 5) is 27.4. The number of carboxylic acids is 1. The molecule has 10 aliphatic rings. The molecule has 4 saturated carbocycles. The molecule has 0 aromatic heterocycles. The van der Waals surface area contributed by atoms with Gasteiger partial charge in [0.05, 0.1) is 56.4 Å². The van der Waals surface area contributed by atoms with Crippen LogP contribution in [-0.4, -0.2) is 284 Å². The van der Waals surface area contributed by atoms with E-state index in [4.69, 9.17) is 47.4 Å². The molecule has 5 aliphatic carbocycles. The molecule has 498 valence electrons. The Morgan fingerprint density at radius 2 is 1.13 bits per heavy atom. The van der Waals surface area contributed by atoms with Gasteiger partial charge in [-0.1, -0.05) is 53.2 Å². The van der Waals surface area contributed by atoms with Crippen LogP contribution in [0.1, 0.15) is 100 Å². The maximum absolute atomic E-state index is 15.5. The van der Waals surface area contributed by atoms with Crippen LogP contribution >= 0.6 is 0 Å². The highest BCUT2D eigenvalue weighted by Crippen LogP contribution is 2.76. The molecule has 29 heteroatoms. The molecule has 0 bridgehead atoms. The fourth-order valence-electron chi connectivity index (χ4n) is 17.8. The second-order valence-corrected chi connectivity index (χ2v) is 28.5. The second kappa shape index (κ2) is 24.2. The summed E-state index contributed by atoms with van der Waals surface area (Å²) in [6, 6.07) is 0. The Morgan fingerprint density at radius 1 is 0.552 bits per heavy atom. The van der Waals surface area contributed by atoms with Crippen molar-refractivity contribution in [1.82, 2.24) is 0 Å². The zero-order chi connectivity index (χ0) is 63.9. The highest BCUT2D eigenvalue weighted by molar-refractivity contribution is 5.80. The standard InChI is InChI=1S/C58H92O29/c1-20-30(65)32(67)36(71)48(80-20)83-41-27(63)18-78-47(39(41)74)82-40-21(2)81-49(38(73)35(40)70)85-43-31(66)26(62)17-79-51(43)87-52(77)58-12-11-53(3,4)13-23(58)22-9-10-28-54(5)14-25(61)45(86-50-37(72)33(68)34(69)42(84-50)46(75)76)55(6,19-59)44(54)24(60)15-57(28,8)56(22,7)16-29(58)64/h9,20-21,23-45,47-51,59-74H,10-19H2,1-8H3,(H,75,76)/t20-,21-,23+,24-,25+,26+,27+,28-,29-,30-,31+,32-,33+,34-,35-,36+,37-,38-,39-,40+,41+,42+,43-,44-,45+,47-,48+,49-,50-,51-,54-,55+,56-,57-,58-/m1/s1. The van der Waals surface area contributed by atoms with Crippen LogP contribution in [0.5, 0.6) is 0 Å². The highest BCUT2D eigenvalue weighted by atomic mass is 16.8. The number of hydrogen-bond acceptors (Lipinski definition) is 28. The van der Waals surface area contributed by atoms with E-state index in [1.807, 2.05) is 20.8 Å². The van der Waals surface area contributed by atoms with Crippen molar-refractivity contribution in [2.75, 3.05) is 19.8 Å². The van der Waals surface area contributed by atoms with E-state index in [2.05, 4.69) is 19.9 Å². The van der Waals surface area contributed by atoms with Gasteiger partial charge in [-0.25, -0.2) is 4.79 Å². The number of esters is 1. The van der Waals surface area contributed by atoms with E-state index in [1.165, 1.54) is 13.8 Å². The van der Waals surface area contributed by atoms with Crippen molar-refractivity contribution in [2.24, 2.45) is 50.2 Å². The first-order valence-electron chi connectivity index (χ1n) is 30.3. The molecule has 5 saturated heterocycles. The molecule has 10 rings (SSSR count). The number of aliphatic hydroxyl groups excluding tert-OH is 16. The van der Waals surface area contributed by atoms with Gasteiger partial charge >= 0.3 is 11.9 Å². The lowest BCUT2D eigenvalue weighted by Gasteiger charge is -2.73. The van der Waals surface area contributed by atoms with Gasteiger partial charge in [-0.3, -0.25) is 4.79 Å². The quantitative estimate of drug-likeness (QED) is 0.0495. The SMILES string of the molecule is C[C@H]1O[C@@H](O[C@@H]2[C@@H](O)[C@@H](O[C@@H]3[C@H](O)[C@@H](O)[C@@H](O[C@H]4[C@@H](OC(=O)[C@]56CCC(C)(C)C[C@H]5C5=CC[C@@H]7[C@@]8(C)C[C@H](O)[C@H](O[C@H]9O[C@H](C(=O)O)[C@H](O)[C@H](O)[C@H]9O)[C@@](C)(CO)[C@@H]8[C@H](O)C[C@@]7(C)[C@]5(C)C[C@H]6O)OC[C@H](O)[C@@H]4O)O[C@@H]3C)OC[C@@H]2O)[C@@H](O)[C@H](O)[C@@H]1O. The summed E-state index contributed by atoms with van der Waals surface area (Å²) < 4.78 is 58.4. The predicted octanol–water partition coefficient (Wildman–Crippen LogP) is -4.90. The topological polar surface area (TPSA) is 470 Å². The van der Waals surface area contributed by atoms with Crippen molar-refractivity contribution >= 4 is 11.9 Å². The Bertz CT molecular complexity index is 2510. The van der Waals surface area contributed by atoms with Crippen LogP contribution in [0.25, 0.3) is 0 Å². The maximum Gasteiger partial charge on any atom is 0.335 e. The van der Waals surface area contributed by atoms with E-state index < -0.39 is 242 Å². The fraction of sp³-hybridized carbons (Fsp3) is 0.931. The lowest BCUT2D eigenvalue weighted by Crippen LogP contribution is -2.73. The Hall–Kier alpha value is -2.32. The van der Waals surface area contributed by atoms with Crippen LogP contribution in [0.15, 0.2) is 11.6 Å². The van der Waals surface area contributed by atoms with Crippen LogP contribution in [0.2, 0.25) is 0 Å². The molecule has 5 heterocycles. The largest absolute Gasteiger partial charge is 0.479 e. The first-order valence-corrected chi connectivity index (χ1v) is 30.3. The second-order valence-electron chi connectivity index (χ2n) is 28.5. The van der Waals surface area contributed by atoms with Gasteiger partial charge in [0.1, 0.15) is 90.9 Å². The number of carboxylic acid groups (broad SMARTS) is 1. The molecule has 0 aromatic rings. The Kier molecular flexibility index (Phi) is 18.8. The van der Waals surface area contributed by atoms with Gasteiger partial charge in [-0.2, -0.15) is 0 Å². The molecule has 0 aromatic carbocycles. The van der Waals surface area contributed by atoms with Gasteiger partial charge in [0.25, 0.3) is 0 Å². The lowest BCUT2D eigenvalue weighted by molar-refractivity contribution is -0.377. The van der Waals surface area contributed by atoms with E-state index in [1.54, 1.807) is 6.92 Å². The molecule has 17 N–H and O–H groups in total. The number of aliphatic hydroxyl groups is 16. The average Bonchev–Trinajstić information content (AvgIpc) is 0.671. The van der Waals surface area contributed by atoms with Crippen LogP contribution in [0.4, 0.5) is 0 Å². The summed E-state index contributed by atoms with van der Waals surface area (Å²) in [5, 5.41) is 190. The molecule has 0 unspecified atom stereocenters. The third-order valence-corrected chi connectivity index (χ3v) is 22.6. The molecule has 35 atom stereocenters. The van der Waals surface area contributed by atoms with Crippen LogP contribution < -0.4 is 0 Å². The third kappa shape index (κ3) is 11.0. The summed E-state index contributed by atoms with van der Waals surface area (Å²) in [7, 11) is 0. The predicted molar refractivity (Wildman–Crippen MR) is 287 cm³/mol. The number of fused-ring (bicyclic) bond motifs is 7. The molecule has 0 amide bonds. The number of carbonyl (C=O) groups excluding carboxylic acids is 1. The zero-order valence-electron chi connectivity index (χ0n) is 50.0. The normalized spacial score (nSPS) is 55.9. The lowest BCUT2D eigenvalue weighted by atomic mass is 9.32. The fourth-order valence-corrected chi connectivity index (χ4v) is 17.8. The summed E-state index contributed by atoms with van der Waals surface area (Å²) in [5.74, 6) is -4.45. The van der Waals surface area contributed by atoms with E-state index >= 15 is 4.79 Å². The van der Waals surface area contributed by atoms with Gasteiger partial charge in [0, 0.05) is 11.3 Å². The Balaban J connectivity index is 0.866. The smallest absolute Gasteiger partial charge is 0.335 e. The average molecular weight is 1250 g/mol. The van der Waals surface area contributed by atoms with E-state index in [-0.39, 0.29) is 31.6 Å². The third-order valence-electron chi connectivity index (χ3n) is 22.6. The molecule has 0 spiro atoms. The van der Waals surface area contributed by atoms with Crippen LogP contribution in [0, 0.1) is 50.2 Å². The number of aliphatic carboxylic acids is 1. The minimum atomic E-state index is -2.01. The Labute approximate surface area is 502 Å². The van der Waals surface area contributed by atoms with Gasteiger partial charge in [-0.15, -0.1) is 0 Å². The van der Waals surface area contributed by atoms with Gasteiger partial charge < -0.3 is 134 Å². The molecule has 29 nitrogen and oxygen atoms in total. The number of hydrogen-bond donors (Lipinski definition) is 17. The van der Waals surface area contributed by atoms with Crippen molar-refractivity contribution in [2.45, 2.75) is 266 Å². The number of allylic oxidation sites excluding steroid dienone is 2. The van der Waals surface area contributed by atoms with Crippen molar-refractivity contribution < 1.29 is 144 Å². The number of carbonyl (C=O) groups is 2. The van der Waals surface area contributed by atoms with E-state index in [0.717, 1.165) is 5.57 Å². The Morgan fingerprint density at radius 3 is 1.77 bits per heavy atom. The molecule has 87 heavy (non-hydrogen) atoms. The number of rotatable bonds is 12. The highest BCUT2D eigenvalue weighted by Gasteiger charge is 2.75. The van der Waals surface area contributed by atoms with E-state index in [0.29, 0.717) is 19.3 Å². The summed E-state index contributed by atoms with van der Waals surface area (Å²) in [6.45, 7) is 12.8. The van der Waals surface area contributed by atoms with E-state index in [9.17, 15) is 91.6 Å². The molecular formula is C58H92O29. The first-order chi connectivity index (χ1) is 40.5. The number of ether oxygens (including phenoxy) is 10. The molecular weight excluding hydrogens is 1160 g/mol. The van der Waals surface area contributed by atoms with Crippen molar-refractivity contribution in [3.63, 3.8) is 0 Å². The first kappa shape index (κ1) is 67.6. The van der Waals surface area contributed by atoms with Crippen molar-refractivity contribution in [1.29, 1.82) is 0 Å². The van der Waals surface area contributed by atoms with Gasteiger partial charge in [0.2, 0.25) is 6.29 Å². The van der Waals surface area contributed by atoms with Gasteiger partial charge in [-0.05, 0) is 92.3 Å². The zero-order valence-corrected chi connectivity index (χ0v) is 50.0. The summed E-state index contributed by atoms with van der Waals surface area (Å²) in [6.07, 6.45) is -41.7. The molecule has 5 aliphatic heterocycles. The summed E-state index contributed by atoms with van der Waals surface area (Å²) in [5.41, 5.74) is -5.53. The van der Waals surface area contributed by atoms with Gasteiger partial charge in [0.15, 0.2) is 37.4 Å². The van der Waals surface area contributed by atoms with Crippen LogP contribution in [0.3, 0.4) is 0 Å². The monoisotopic (exact) mass is 1250 g/mol. The van der Waals surface area contributed by atoms with Crippen molar-refractivity contribution in [3.05, 3.63) is 11.6 Å². The molecule has 0 radical (unpaired) electrons. The minimum absolute atomic E-state index is 0.0235. The van der Waals surface area contributed by atoms with Crippen LogP contribution in [-0.2, 0) is 57.0 Å². The maximum atomic E-state index is 15.5. The minimum Gasteiger partial charge on any atom is -0.479 e. The summed E-state index contributed by atoms with van der Waals surface area (Å²) >= 11 is 0. The van der Waals surface area contributed by atoms with Crippen molar-refractivity contribution in [3.8, 4) is 0 Å².